The molecule has 0 saturated heterocycles. The molecule has 0 spiro atoms. The molecule has 0 fully saturated rings. The number of rotatable bonds is 2. The van der Waals surface area contributed by atoms with Crippen molar-refractivity contribution in [2.45, 2.75) is 0 Å². The average molecular weight is 228 g/mol. The summed E-state index contributed by atoms with van der Waals surface area (Å²) in [5.74, 6) is -0.449. The molecule has 6 heteroatoms. The average Bonchev–Trinajstić information content (AvgIpc) is 2.97. The fraction of sp³-hybridized carbons (Fsp3) is 0. The van der Waals surface area contributed by atoms with Gasteiger partial charge in [-0.3, -0.25) is 4.79 Å². The van der Waals surface area contributed by atoms with Gasteiger partial charge in [0.05, 0.1) is 11.9 Å². The lowest BCUT2D eigenvalue weighted by molar-refractivity contribution is 0.0991. The number of imidazole rings is 1. The molecule has 3 rings (SSSR count). The van der Waals surface area contributed by atoms with Gasteiger partial charge in [0, 0.05) is 5.56 Å². The van der Waals surface area contributed by atoms with Gasteiger partial charge in [-0.2, -0.15) is 0 Å². The van der Waals surface area contributed by atoms with E-state index in [1.165, 1.54) is 6.39 Å². The summed E-state index contributed by atoms with van der Waals surface area (Å²) < 4.78 is 5.20. The number of aromatic nitrogens is 3. The predicted octanol–water partition coefficient (Wildman–Crippen LogP) is 1.32. The molecule has 0 aliphatic heterocycles. The highest BCUT2D eigenvalue weighted by atomic mass is 16.3. The van der Waals surface area contributed by atoms with E-state index in [4.69, 9.17) is 10.2 Å². The van der Waals surface area contributed by atoms with E-state index >= 15 is 0 Å². The number of hydrogen-bond donors (Lipinski definition) is 2. The molecular weight excluding hydrogens is 220 g/mol. The van der Waals surface area contributed by atoms with Gasteiger partial charge in [-0.25, -0.2) is 9.97 Å². The van der Waals surface area contributed by atoms with Crippen LogP contribution >= 0.6 is 0 Å². The Morgan fingerprint density at radius 3 is 3.00 bits per heavy atom. The van der Waals surface area contributed by atoms with Crippen molar-refractivity contribution in [1.29, 1.82) is 0 Å². The molecule has 0 saturated carbocycles. The molecular formula is C11H8N4O2. The second kappa shape index (κ2) is 3.44. The zero-order chi connectivity index (χ0) is 11.8. The van der Waals surface area contributed by atoms with Gasteiger partial charge in [0.25, 0.3) is 5.91 Å². The fourth-order valence-electron chi connectivity index (χ4n) is 1.62. The first-order valence-electron chi connectivity index (χ1n) is 4.92. The normalized spacial score (nSPS) is 10.8. The van der Waals surface area contributed by atoms with E-state index in [1.807, 2.05) is 18.2 Å². The molecule has 2 aromatic heterocycles. The highest BCUT2D eigenvalue weighted by Crippen LogP contribution is 2.22. The summed E-state index contributed by atoms with van der Waals surface area (Å²) in [6, 6.07) is 5.52. The fourth-order valence-corrected chi connectivity index (χ4v) is 1.62. The van der Waals surface area contributed by atoms with Gasteiger partial charge in [0.2, 0.25) is 0 Å². The lowest BCUT2D eigenvalue weighted by atomic mass is 10.1. The number of nitrogens with zero attached hydrogens (tertiary/aromatic N) is 2. The van der Waals surface area contributed by atoms with Crippen LogP contribution in [-0.2, 0) is 0 Å². The molecule has 3 N–H and O–H groups in total. The van der Waals surface area contributed by atoms with Crippen LogP contribution in [0.5, 0.6) is 0 Å². The van der Waals surface area contributed by atoms with Gasteiger partial charge < -0.3 is 15.1 Å². The maximum Gasteiger partial charge on any atom is 0.284 e. The molecule has 0 radical (unpaired) electrons. The van der Waals surface area contributed by atoms with Crippen LogP contribution in [-0.4, -0.2) is 20.9 Å². The Balaban J connectivity index is 2.09. The largest absolute Gasteiger partial charge is 0.443 e. The van der Waals surface area contributed by atoms with Crippen LogP contribution < -0.4 is 5.73 Å². The lowest BCUT2D eigenvalue weighted by Gasteiger charge is -1.96. The molecule has 17 heavy (non-hydrogen) atoms. The van der Waals surface area contributed by atoms with Gasteiger partial charge in [-0.1, -0.05) is 6.07 Å². The molecule has 1 aromatic carbocycles. The zero-order valence-electron chi connectivity index (χ0n) is 8.68. The highest BCUT2D eigenvalue weighted by Gasteiger charge is 2.08. The maximum atomic E-state index is 10.9. The van der Waals surface area contributed by atoms with Crippen molar-refractivity contribution in [3.05, 3.63) is 36.6 Å². The minimum atomic E-state index is -0.586. The maximum absolute atomic E-state index is 10.9. The van der Waals surface area contributed by atoms with Crippen LogP contribution in [0.4, 0.5) is 0 Å². The van der Waals surface area contributed by atoms with Crippen molar-refractivity contribution < 1.29 is 9.21 Å². The Kier molecular flexibility index (Phi) is 1.94. The molecule has 0 bridgehead atoms. The first-order valence-corrected chi connectivity index (χ1v) is 4.92. The number of hydrogen-bond acceptors (Lipinski definition) is 4. The number of oxazole rings is 1. The minimum Gasteiger partial charge on any atom is -0.443 e. The summed E-state index contributed by atoms with van der Waals surface area (Å²) in [4.78, 5) is 21.7. The first kappa shape index (κ1) is 9.59. The topological polar surface area (TPSA) is 97.8 Å². The second-order valence-electron chi connectivity index (χ2n) is 3.54. The number of carbonyl (C=O) groups excluding carboxylic acids is 1. The van der Waals surface area contributed by atoms with Crippen molar-refractivity contribution in [3.63, 3.8) is 0 Å². The number of aromatic amines is 1. The van der Waals surface area contributed by atoms with E-state index in [-0.39, 0.29) is 5.82 Å². The Morgan fingerprint density at radius 1 is 1.35 bits per heavy atom. The number of benzene rings is 1. The van der Waals surface area contributed by atoms with Crippen molar-refractivity contribution in [2.75, 3.05) is 0 Å². The smallest absolute Gasteiger partial charge is 0.284 e. The van der Waals surface area contributed by atoms with Gasteiger partial charge >= 0.3 is 0 Å². The second-order valence-corrected chi connectivity index (χ2v) is 3.54. The van der Waals surface area contributed by atoms with E-state index in [1.54, 1.807) is 6.20 Å². The molecule has 2 heterocycles. The third-order valence-corrected chi connectivity index (χ3v) is 2.45. The Labute approximate surface area is 95.5 Å². The van der Waals surface area contributed by atoms with Crippen molar-refractivity contribution in [3.8, 4) is 11.3 Å². The SMILES string of the molecule is NC(=O)c1ncc(-c2ccc3ncoc3c2)[nH]1. The third kappa shape index (κ3) is 1.55. The van der Waals surface area contributed by atoms with Crippen LogP contribution in [0, 0.1) is 0 Å². The molecule has 6 nitrogen and oxygen atoms in total. The number of nitrogens with two attached hydrogens (primary N) is 1. The van der Waals surface area contributed by atoms with Crippen LogP contribution in [0.2, 0.25) is 0 Å². The summed E-state index contributed by atoms with van der Waals surface area (Å²) >= 11 is 0. The van der Waals surface area contributed by atoms with Gasteiger partial charge in [0.15, 0.2) is 17.8 Å². The van der Waals surface area contributed by atoms with E-state index in [0.717, 1.165) is 11.1 Å². The van der Waals surface area contributed by atoms with E-state index in [0.29, 0.717) is 11.3 Å². The molecule has 84 valence electrons. The van der Waals surface area contributed by atoms with Crippen LogP contribution in [0.3, 0.4) is 0 Å². The van der Waals surface area contributed by atoms with Gasteiger partial charge in [0.1, 0.15) is 5.52 Å². The number of primary amides is 1. The number of H-pyrrole nitrogens is 1. The summed E-state index contributed by atoms with van der Waals surface area (Å²) in [6.07, 6.45) is 2.94. The van der Waals surface area contributed by atoms with E-state index in [9.17, 15) is 4.79 Å². The monoisotopic (exact) mass is 228 g/mol. The quantitative estimate of drug-likeness (QED) is 0.691. The van der Waals surface area contributed by atoms with Crippen LogP contribution in [0.15, 0.2) is 35.2 Å². The predicted molar refractivity (Wildman–Crippen MR) is 60.1 cm³/mol. The van der Waals surface area contributed by atoms with Crippen molar-refractivity contribution in [1.82, 2.24) is 15.0 Å². The number of fused-ring (bicyclic) bond motifs is 1. The Morgan fingerprint density at radius 2 is 2.24 bits per heavy atom. The van der Waals surface area contributed by atoms with Crippen LogP contribution in [0.1, 0.15) is 10.6 Å². The standard InChI is InChI=1S/C11H8N4O2/c12-10(16)11-13-4-8(15-11)6-1-2-7-9(3-6)17-5-14-7/h1-5H,(H2,12,16)(H,13,15). The van der Waals surface area contributed by atoms with E-state index in [2.05, 4.69) is 15.0 Å². The Hall–Kier alpha value is -2.63. The van der Waals surface area contributed by atoms with Gasteiger partial charge in [-0.15, -0.1) is 0 Å². The van der Waals surface area contributed by atoms with Gasteiger partial charge in [-0.05, 0) is 12.1 Å². The first-order chi connectivity index (χ1) is 8.24. The molecule has 1 amide bonds. The summed E-state index contributed by atoms with van der Waals surface area (Å²) in [5, 5.41) is 0. The molecule has 3 aromatic rings. The summed E-state index contributed by atoms with van der Waals surface area (Å²) in [5.41, 5.74) is 8.14. The Bertz CT molecular complexity index is 698. The number of nitrogens with one attached hydrogen (secondary N) is 1. The lowest BCUT2D eigenvalue weighted by Crippen LogP contribution is -2.12. The summed E-state index contributed by atoms with van der Waals surface area (Å²) in [7, 11) is 0. The van der Waals surface area contributed by atoms with Crippen molar-refractivity contribution >= 4 is 17.0 Å². The van der Waals surface area contributed by atoms with Crippen LogP contribution in [0.25, 0.3) is 22.4 Å². The zero-order valence-corrected chi connectivity index (χ0v) is 8.68. The molecule has 0 atom stereocenters. The van der Waals surface area contributed by atoms with E-state index < -0.39 is 5.91 Å². The number of amides is 1. The molecule has 0 aliphatic carbocycles. The minimum absolute atomic E-state index is 0.137. The molecule has 0 aliphatic rings. The van der Waals surface area contributed by atoms with Crippen molar-refractivity contribution in [2.24, 2.45) is 5.73 Å². The molecule has 0 unspecified atom stereocenters. The number of carbonyl (C=O) groups is 1. The summed E-state index contributed by atoms with van der Waals surface area (Å²) in [6.45, 7) is 0. The highest BCUT2D eigenvalue weighted by molar-refractivity contribution is 5.90. The third-order valence-electron chi connectivity index (χ3n) is 2.45.